The number of nitrogens with one attached hydrogen (secondary N) is 1. The lowest BCUT2D eigenvalue weighted by molar-refractivity contribution is 0.645. The summed E-state index contributed by atoms with van der Waals surface area (Å²) in [7, 11) is 0. The van der Waals surface area contributed by atoms with Gasteiger partial charge in [-0.2, -0.15) is 5.10 Å². The number of nitrogens with zero attached hydrogens (tertiary/aromatic N) is 1. The Labute approximate surface area is 43.6 Å². The van der Waals surface area contributed by atoms with Crippen molar-refractivity contribution in [3.05, 3.63) is 0 Å². The first-order valence-electron chi connectivity index (χ1n) is 2.69. The van der Waals surface area contributed by atoms with E-state index in [-0.39, 0.29) is 0 Å². The molecule has 0 saturated carbocycles. The van der Waals surface area contributed by atoms with E-state index in [9.17, 15) is 0 Å². The zero-order chi connectivity index (χ0) is 5.11. The Morgan fingerprint density at radius 3 is 3.14 bits per heavy atom. The van der Waals surface area contributed by atoms with Crippen molar-refractivity contribution in [2.75, 3.05) is 6.54 Å². The Balaban J connectivity index is 2.28. The molecule has 1 atom stereocenters. The third kappa shape index (κ3) is 0.918. The fraction of sp³-hybridized carbons (Fsp3) is 0.800. The Bertz CT molecular complexity index is 78.1. The number of hydrogen-bond acceptors (Lipinski definition) is 2. The summed E-state index contributed by atoms with van der Waals surface area (Å²) in [5.74, 6) is 0.694. The third-order valence-corrected chi connectivity index (χ3v) is 1.25. The second kappa shape index (κ2) is 1.96. The summed E-state index contributed by atoms with van der Waals surface area (Å²) >= 11 is 0. The molecule has 0 aromatic heterocycles. The molecule has 7 heavy (non-hydrogen) atoms. The van der Waals surface area contributed by atoms with Gasteiger partial charge in [0.1, 0.15) is 0 Å². The molecule has 0 aromatic rings. The average Bonchev–Trinajstić information content (AvgIpc) is 2.14. The monoisotopic (exact) mass is 98.1 g/mol. The zero-order valence-electron chi connectivity index (χ0n) is 4.52. The summed E-state index contributed by atoms with van der Waals surface area (Å²) in [6.45, 7) is 3.21. The Morgan fingerprint density at radius 2 is 2.86 bits per heavy atom. The maximum atomic E-state index is 3.86. The van der Waals surface area contributed by atoms with Crippen LogP contribution < -0.4 is 5.43 Å². The van der Waals surface area contributed by atoms with Crippen molar-refractivity contribution < 1.29 is 0 Å². The summed E-state index contributed by atoms with van der Waals surface area (Å²) in [6, 6.07) is 0. The van der Waals surface area contributed by atoms with E-state index in [4.69, 9.17) is 0 Å². The highest BCUT2D eigenvalue weighted by atomic mass is 15.3. The summed E-state index contributed by atoms with van der Waals surface area (Å²) < 4.78 is 0. The molecule has 0 fully saturated rings. The van der Waals surface area contributed by atoms with Gasteiger partial charge in [-0.05, 0) is 6.42 Å². The van der Waals surface area contributed by atoms with E-state index in [0.717, 1.165) is 6.54 Å². The van der Waals surface area contributed by atoms with E-state index in [1.54, 1.807) is 0 Å². The minimum Gasteiger partial charge on any atom is -0.310 e. The van der Waals surface area contributed by atoms with Crippen molar-refractivity contribution in [3.63, 3.8) is 0 Å². The van der Waals surface area contributed by atoms with E-state index >= 15 is 0 Å². The molecule has 0 unspecified atom stereocenters. The molecule has 40 valence electrons. The lowest BCUT2D eigenvalue weighted by Crippen LogP contribution is -2.08. The largest absolute Gasteiger partial charge is 0.310 e. The maximum absolute atomic E-state index is 3.86. The van der Waals surface area contributed by atoms with Crippen LogP contribution in [-0.4, -0.2) is 12.8 Å². The molecule has 2 nitrogen and oxygen atoms in total. The molecule has 2 heteroatoms. The van der Waals surface area contributed by atoms with E-state index in [2.05, 4.69) is 17.5 Å². The van der Waals surface area contributed by atoms with Crippen LogP contribution in [0.1, 0.15) is 13.3 Å². The van der Waals surface area contributed by atoms with Gasteiger partial charge in [0.25, 0.3) is 0 Å². The number of hydrazone groups is 1. The van der Waals surface area contributed by atoms with Crippen molar-refractivity contribution in [1.82, 2.24) is 5.43 Å². The number of rotatable bonds is 1. The van der Waals surface area contributed by atoms with Crippen molar-refractivity contribution >= 4 is 6.21 Å². The van der Waals surface area contributed by atoms with Crippen LogP contribution in [0.3, 0.4) is 0 Å². The highest BCUT2D eigenvalue weighted by molar-refractivity contribution is 5.62. The standard InChI is InChI=1S/C5H10N2/c1-2-5-3-6-7-4-5/h3,5,7H,2,4H2,1H3/t5-/m1/s1. The smallest absolute Gasteiger partial charge is 0.0407 e. The fourth-order valence-electron chi connectivity index (χ4n) is 0.631. The Morgan fingerprint density at radius 1 is 2.00 bits per heavy atom. The molecule has 0 bridgehead atoms. The second-order valence-electron chi connectivity index (χ2n) is 1.81. The van der Waals surface area contributed by atoms with Crippen LogP contribution in [0.25, 0.3) is 0 Å². The highest BCUT2D eigenvalue weighted by Gasteiger charge is 2.04. The predicted molar refractivity (Wildman–Crippen MR) is 30.3 cm³/mol. The van der Waals surface area contributed by atoms with Gasteiger partial charge in [0.2, 0.25) is 0 Å². The molecule has 1 rings (SSSR count). The van der Waals surface area contributed by atoms with Gasteiger partial charge in [-0.25, -0.2) is 0 Å². The van der Waals surface area contributed by atoms with Crippen molar-refractivity contribution in [3.8, 4) is 0 Å². The molecule has 1 heterocycles. The maximum Gasteiger partial charge on any atom is 0.0407 e. The SMILES string of the molecule is CC[C@@H]1C=NNC1. The first-order chi connectivity index (χ1) is 3.43. The van der Waals surface area contributed by atoms with Gasteiger partial charge in [-0.3, -0.25) is 0 Å². The van der Waals surface area contributed by atoms with Gasteiger partial charge >= 0.3 is 0 Å². The molecule has 1 aliphatic rings. The Kier molecular flexibility index (Phi) is 1.29. The van der Waals surface area contributed by atoms with Crippen LogP contribution in [0, 0.1) is 5.92 Å². The van der Waals surface area contributed by atoms with E-state index in [1.807, 2.05) is 6.21 Å². The predicted octanol–water partition coefficient (Wildman–Crippen LogP) is 0.602. The topological polar surface area (TPSA) is 24.4 Å². The van der Waals surface area contributed by atoms with E-state index < -0.39 is 0 Å². The van der Waals surface area contributed by atoms with Crippen LogP contribution in [0.5, 0.6) is 0 Å². The van der Waals surface area contributed by atoms with Crippen LogP contribution in [0.15, 0.2) is 5.10 Å². The molecule has 1 aliphatic heterocycles. The van der Waals surface area contributed by atoms with Gasteiger partial charge in [-0.1, -0.05) is 6.92 Å². The molecule has 0 radical (unpaired) electrons. The minimum absolute atomic E-state index is 0.694. The minimum atomic E-state index is 0.694. The van der Waals surface area contributed by atoms with Crippen LogP contribution >= 0.6 is 0 Å². The number of hydrogen-bond donors (Lipinski definition) is 1. The fourth-order valence-corrected chi connectivity index (χ4v) is 0.631. The third-order valence-electron chi connectivity index (χ3n) is 1.25. The van der Waals surface area contributed by atoms with Gasteiger partial charge in [0, 0.05) is 18.7 Å². The molecule has 0 amide bonds. The first kappa shape index (κ1) is 4.62. The molecule has 1 N–H and O–H groups in total. The van der Waals surface area contributed by atoms with E-state index in [1.165, 1.54) is 6.42 Å². The quantitative estimate of drug-likeness (QED) is 0.510. The highest BCUT2D eigenvalue weighted by Crippen LogP contribution is 1.99. The summed E-state index contributed by atoms with van der Waals surface area (Å²) in [5.41, 5.74) is 2.89. The first-order valence-corrected chi connectivity index (χ1v) is 2.69. The van der Waals surface area contributed by atoms with Gasteiger partial charge < -0.3 is 5.43 Å². The molecule has 0 aromatic carbocycles. The van der Waals surface area contributed by atoms with Crippen LogP contribution in [-0.2, 0) is 0 Å². The molecule has 0 aliphatic carbocycles. The zero-order valence-corrected chi connectivity index (χ0v) is 4.52. The van der Waals surface area contributed by atoms with Crippen LogP contribution in [0.4, 0.5) is 0 Å². The summed E-state index contributed by atoms with van der Waals surface area (Å²) in [5, 5.41) is 3.86. The average molecular weight is 98.1 g/mol. The van der Waals surface area contributed by atoms with Gasteiger partial charge in [0.05, 0.1) is 0 Å². The summed E-state index contributed by atoms with van der Waals surface area (Å²) in [4.78, 5) is 0. The van der Waals surface area contributed by atoms with E-state index in [0.29, 0.717) is 5.92 Å². The normalized spacial score (nSPS) is 27.9. The van der Waals surface area contributed by atoms with Gasteiger partial charge in [0.15, 0.2) is 0 Å². The van der Waals surface area contributed by atoms with Crippen molar-refractivity contribution in [2.45, 2.75) is 13.3 Å². The molecular formula is C5H10N2. The van der Waals surface area contributed by atoms with Crippen molar-refractivity contribution in [2.24, 2.45) is 11.0 Å². The van der Waals surface area contributed by atoms with Crippen LogP contribution in [0.2, 0.25) is 0 Å². The molecule has 0 spiro atoms. The van der Waals surface area contributed by atoms with Crippen molar-refractivity contribution in [1.29, 1.82) is 0 Å². The Hall–Kier alpha value is -0.530. The summed E-state index contributed by atoms with van der Waals surface area (Å²) in [6.07, 6.45) is 3.18. The lowest BCUT2D eigenvalue weighted by Gasteiger charge is -1.95. The molecular weight excluding hydrogens is 88.1 g/mol. The molecule has 0 saturated heterocycles. The second-order valence-corrected chi connectivity index (χ2v) is 1.81. The van der Waals surface area contributed by atoms with Gasteiger partial charge in [-0.15, -0.1) is 0 Å². The lowest BCUT2D eigenvalue weighted by atomic mass is 10.1.